The van der Waals surface area contributed by atoms with Crippen LogP contribution in [0.25, 0.3) is 22.4 Å². The number of aromatic hydroxyl groups is 1. The minimum absolute atomic E-state index is 0.0361. The van der Waals surface area contributed by atoms with Crippen LogP contribution >= 0.6 is 34.8 Å². The van der Waals surface area contributed by atoms with E-state index in [0.717, 1.165) is 16.7 Å². The normalized spacial score (nSPS) is 18.6. The fraction of sp³-hybridized carbons (Fsp3) is 0.250. The zero-order chi connectivity index (χ0) is 30.0. The lowest BCUT2D eigenvalue weighted by molar-refractivity contribution is -0.00956. The van der Waals surface area contributed by atoms with Crippen molar-refractivity contribution in [3.63, 3.8) is 0 Å². The van der Waals surface area contributed by atoms with Crippen molar-refractivity contribution in [1.29, 1.82) is 0 Å². The number of phenolic OH excluding ortho intramolecular Hbond substituents is 1. The molecular formula is C32H29Cl3N2O5. The van der Waals surface area contributed by atoms with Crippen LogP contribution in [-0.2, 0) is 0 Å². The Balaban J connectivity index is 1.51. The van der Waals surface area contributed by atoms with Crippen LogP contribution < -0.4 is 10.1 Å². The minimum Gasteiger partial charge on any atom is -0.507 e. The molecule has 1 aliphatic heterocycles. The van der Waals surface area contributed by atoms with E-state index in [0.29, 0.717) is 38.6 Å². The molecule has 218 valence electrons. The summed E-state index contributed by atoms with van der Waals surface area (Å²) < 4.78 is 6.25. The largest absolute Gasteiger partial charge is 0.507 e. The van der Waals surface area contributed by atoms with Crippen molar-refractivity contribution in [2.75, 3.05) is 13.2 Å². The van der Waals surface area contributed by atoms with E-state index in [1.54, 1.807) is 49.4 Å². The second-order valence-electron chi connectivity index (χ2n) is 10.6. The molecule has 0 saturated heterocycles. The molecule has 1 aliphatic rings. The van der Waals surface area contributed by atoms with E-state index < -0.39 is 17.6 Å². The first kappa shape index (κ1) is 30.1. The molecule has 0 saturated carbocycles. The van der Waals surface area contributed by atoms with Gasteiger partial charge in [0.15, 0.2) is 0 Å². The third-order valence-corrected chi connectivity index (χ3v) is 8.16. The minimum atomic E-state index is -0.952. The molecule has 0 spiro atoms. The van der Waals surface area contributed by atoms with Crippen molar-refractivity contribution in [3.05, 3.63) is 99.0 Å². The second kappa shape index (κ2) is 12.5. The number of aliphatic hydroxyl groups is 2. The lowest BCUT2D eigenvalue weighted by atomic mass is 9.80. The Kier molecular flexibility index (Phi) is 8.97. The van der Waals surface area contributed by atoms with E-state index in [1.165, 1.54) is 12.1 Å². The Labute approximate surface area is 258 Å². The molecule has 10 heteroatoms. The van der Waals surface area contributed by atoms with E-state index in [9.17, 15) is 20.1 Å². The first-order chi connectivity index (χ1) is 20.1. The van der Waals surface area contributed by atoms with Gasteiger partial charge in [0.25, 0.3) is 5.91 Å². The zero-order valence-electron chi connectivity index (χ0n) is 22.7. The summed E-state index contributed by atoms with van der Waals surface area (Å²) in [6, 6.07) is 20.7. The lowest BCUT2D eigenvalue weighted by Gasteiger charge is -2.39. The van der Waals surface area contributed by atoms with Gasteiger partial charge in [0.2, 0.25) is 5.88 Å². The van der Waals surface area contributed by atoms with E-state index in [2.05, 4.69) is 5.32 Å². The van der Waals surface area contributed by atoms with Gasteiger partial charge in [-0.05, 0) is 79.8 Å². The molecule has 1 aromatic heterocycles. The standard InChI is InChI=1S/C32H29Cl3N2O5/c1-32(17-38)15-19(12-22(39)16-36-30(41)24-4-2-3-5-28(24)40)26-14-25(18-6-8-20(33)9-7-18)29(37-31(26)42-32)23-11-10-21(34)13-27(23)35/h2-11,13-14,19,22,38-40H,12,15-17H2,1H3,(H,36,41). The Morgan fingerprint density at radius 3 is 2.45 bits per heavy atom. The van der Waals surface area contributed by atoms with Crippen LogP contribution in [0.3, 0.4) is 0 Å². The van der Waals surface area contributed by atoms with Crippen LogP contribution in [0.1, 0.15) is 41.6 Å². The maximum absolute atomic E-state index is 12.6. The number of carbonyl (C=O) groups is 1. The number of halogens is 3. The molecule has 2 heterocycles. The number of hydrogen-bond acceptors (Lipinski definition) is 6. The van der Waals surface area contributed by atoms with Gasteiger partial charge in [0, 0.05) is 33.3 Å². The highest BCUT2D eigenvalue weighted by atomic mass is 35.5. The number of benzene rings is 3. The average Bonchev–Trinajstić information content (AvgIpc) is 2.96. The van der Waals surface area contributed by atoms with Crippen LogP contribution in [0.2, 0.25) is 15.1 Å². The van der Waals surface area contributed by atoms with Crippen molar-refractivity contribution in [3.8, 4) is 34.0 Å². The summed E-state index contributed by atoms with van der Waals surface area (Å²) >= 11 is 19.0. The van der Waals surface area contributed by atoms with Gasteiger partial charge in [-0.2, -0.15) is 0 Å². The predicted octanol–water partition coefficient (Wildman–Crippen LogP) is 6.88. The highest BCUT2D eigenvalue weighted by Gasteiger charge is 2.39. The summed E-state index contributed by atoms with van der Waals surface area (Å²) in [7, 11) is 0. The Morgan fingerprint density at radius 1 is 1.05 bits per heavy atom. The number of nitrogens with zero attached hydrogens (tertiary/aromatic N) is 1. The highest BCUT2D eigenvalue weighted by molar-refractivity contribution is 6.36. The lowest BCUT2D eigenvalue weighted by Crippen LogP contribution is -2.43. The molecule has 4 N–H and O–H groups in total. The number of rotatable bonds is 8. The van der Waals surface area contributed by atoms with Crippen molar-refractivity contribution in [2.24, 2.45) is 0 Å². The summed E-state index contributed by atoms with van der Waals surface area (Å²) in [4.78, 5) is 17.5. The first-order valence-corrected chi connectivity index (χ1v) is 14.5. The maximum Gasteiger partial charge on any atom is 0.255 e. The van der Waals surface area contributed by atoms with Gasteiger partial charge in [-0.15, -0.1) is 0 Å². The molecule has 0 aliphatic carbocycles. The number of para-hydroxylation sites is 1. The number of amides is 1. The smallest absolute Gasteiger partial charge is 0.255 e. The van der Waals surface area contributed by atoms with Crippen molar-refractivity contribution in [2.45, 2.75) is 37.4 Å². The summed E-state index contributed by atoms with van der Waals surface area (Å²) in [6.45, 7) is 1.49. The van der Waals surface area contributed by atoms with Gasteiger partial charge in [0.1, 0.15) is 11.4 Å². The number of pyridine rings is 1. The SMILES string of the molecule is CC1(CO)CC(CC(O)CNC(=O)c2ccccc2O)c2cc(-c3ccc(Cl)cc3)c(-c3ccc(Cl)cc3Cl)nc2O1. The predicted molar refractivity (Wildman–Crippen MR) is 165 cm³/mol. The van der Waals surface area contributed by atoms with Gasteiger partial charge in [-0.25, -0.2) is 4.98 Å². The fourth-order valence-corrected chi connectivity index (χ4v) is 5.84. The number of nitrogens with one attached hydrogen (secondary N) is 1. The van der Waals surface area contributed by atoms with E-state index in [1.807, 2.05) is 18.2 Å². The molecule has 5 rings (SSSR count). The first-order valence-electron chi connectivity index (χ1n) is 13.4. The van der Waals surface area contributed by atoms with E-state index >= 15 is 0 Å². The molecule has 3 atom stereocenters. The van der Waals surface area contributed by atoms with Crippen molar-refractivity contribution < 1.29 is 24.9 Å². The van der Waals surface area contributed by atoms with Gasteiger partial charge >= 0.3 is 0 Å². The molecule has 3 unspecified atom stereocenters. The van der Waals surface area contributed by atoms with Crippen LogP contribution in [0.5, 0.6) is 11.6 Å². The highest BCUT2D eigenvalue weighted by Crippen LogP contribution is 2.47. The Bertz CT molecular complexity index is 1610. The zero-order valence-corrected chi connectivity index (χ0v) is 24.9. The summed E-state index contributed by atoms with van der Waals surface area (Å²) in [5.74, 6) is -0.571. The van der Waals surface area contributed by atoms with Gasteiger partial charge in [-0.1, -0.05) is 59.1 Å². The maximum atomic E-state index is 12.6. The fourth-order valence-electron chi connectivity index (χ4n) is 5.22. The van der Waals surface area contributed by atoms with Crippen LogP contribution in [0, 0.1) is 0 Å². The number of fused-ring (bicyclic) bond motifs is 1. The second-order valence-corrected chi connectivity index (χ2v) is 11.9. The summed E-state index contributed by atoms with van der Waals surface area (Å²) in [6.07, 6.45) is -0.261. The molecule has 0 radical (unpaired) electrons. The topological polar surface area (TPSA) is 112 Å². The number of carbonyl (C=O) groups excluding carboxylic acids is 1. The van der Waals surface area contributed by atoms with E-state index in [4.69, 9.17) is 44.5 Å². The number of aromatic nitrogens is 1. The number of hydrogen-bond donors (Lipinski definition) is 4. The Hall–Kier alpha value is -3.33. The molecule has 7 nitrogen and oxygen atoms in total. The monoisotopic (exact) mass is 626 g/mol. The molecule has 42 heavy (non-hydrogen) atoms. The van der Waals surface area contributed by atoms with Crippen molar-refractivity contribution >= 4 is 40.7 Å². The van der Waals surface area contributed by atoms with E-state index in [-0.39, 0.29) is 36.8 Å². The van der Waals surface area contributed by atoms with Crippen LogP contribution in [-0.4, -0.2) is 51.1 Å². The third-order valence-electron chi connectivity index (χ3n) is 7.36. The average molecular weight is 628 g/mol. The molecule has 0 fully saturated rings. The molecule has 0 bridgehead atoms. The third kappa shape index (κ3) is 6.51. The molecule has 3 aromatic carbocycles. The molecular weight excluding hydrogens is 599 g/mol. The van der Waals surface area contributed by atoms with Crippen LogP contribution in [0.15, 0.2) is 72.8 Å². The van der Waals surface area contributed by atoms with Gasteiger partial charge in [-0.3, -0.25) is 4.79 Å². The van der Waals surface area contributed by atoms with Crippen molar-refractivity contribution in [1.82, 2.24) is 10.3 Å². The molecule has 4 aromatic rings. The quantitative estimate of drug-likeness (QED) is 0.170. The number of aliphatic hydroxyl groups excluding tert-OH is 2. The van der Waals surface area contributed by atoms with Gasteiger partial charge in [0.05, 0.1) is 29.0 Å². The summed E-state index contributed by atoms with van der Waals surface area (Å²) in [5.41, 5.74) is 2.77. The number of ether oxygens (including phenoxy) is 1. The number of phenols is 1. The van der Waals surface area contributed by atoms with Gasteiger partial charge < -0.3 is 25.4 Å². The Morgan fingerprint density at radius 2 is 1.76 bits per heavy atom. The summed E-state index contributed by atoms with van der Waals surface area (Å²) in [5, 5.41) is 35.4. The van der Waals surface area contributed by atoms with Crippen LogP contribution in [0.4, 0.5) is 0 Å². The molecule has 1 amide bonds.